The molecule has 2 aromatic carbocycles. The minimum Gasteiger partial charge on any atom is -0.493 e. The van der Waals surface area contributed by atoms with Crippen molar-refractivity contribution < 1.29 is 14.6 Å². The summed E-state index contributed by atoms with van der Waals surface area (Å²) < 4.78 is 10.6. The molecule has 2 atom stereocenters. The Morgan fingerprint density at radius 1 is 1.04 bits per heavy atom. The van der Waals surface area contributed by atoms with Crippen molar-refractivity contribution >= 4 is 11.6 Å². The highest BCUT2D eigenvalue weighted by Gasteiger charge is 2.14. The first kappa shape index (κ1) is 18.6. The number of halogens is 1. The Morgan fingerprint density at radius 2 is 1.79 bits per heavy atom. The molecule has 0 aliphatic heterocycles. The smallest absolute Gasteiger partial charge is 0.160 e. The fourth-order valence-electron chi connectivity index (χ4n) is 2.61. The summed E-state index contributed by atoms with van der Waals surface area (Å²) in [5.74, 6) is 1.68. The largest absolute Gasteiger partial charge is 0.493 e. The van der Waals surface area contributed by atoms with Gasteiger partial charge < -0.3 is 19.9 Å². The maximum Gasteiger partial charge on any atom is 0.160 e. The van der Waals surface area contributed by atoms with E-state index in [0.717, 1.165) is 16.9 Å². The van der Waals surface area contributed by atoms with E-state index in [2.05, 4.69) is 12.2 Å². The number of hydrogen-bond acceptors (Lipinski definition) is 4. The Balaban J connectivity index is 2.04. The lowest BCUT2D eigenvalue weighted by atomic mass is 9.99. The number of hydrogen-bond donors (Lipinski definition) is 2. The van der Waals surface area contributed by atoms with Crippen LogP contribution in [0, 0.1) is 0 Å². The van der Waals surface area contributed by atoms with E-state index in [4.69, 9.17) is 21.1 Å². The van der Waals surface area contributed by atoms with E-state index in [1.807, 2.05) is 42.5 Å². The zero-order valence-corrected chi connectivity index (χ0v) is 15.0. The van der Waals surface area contributed by atoms with Crippen LogP contribution >= 0.6 is 11.6 Å². The van der Waals surface area contributed by atoms with Crippen molar-refractivity contribution in [3.8, 4) is 11.5 Å². The number of rotatable bonds is 8. The number of ether oxygens (including phenoxy) is 2. The second-order valence-electron chi connectivity index (χ2n) is 5.71. The van der Waals surface area contributed by atoms with Crippen LogP contribution in [0.5, 0.6) is 11.5 Å². The number of nitrogens with one attached hydrogen (secondary N) is 1. The van der Waals surface area contributed by atoms with Crippen LogP contribution in [0.1, 0.15) is 30.0 Å². The van der Waals surface area contributed by atoms with Gasteiger partial charge >= 0.3 is 0 Å². The molecule has 4 nitrogen and oxygen atoms in total. The van der Waals surface area contributed by atoms with E-state index >= 15 is 0 Å². The lowest BCUT2D eigenvalue weighted by molar-refractivity contribution is 0.243. The fraction of sp³-hybridized carbons (Fsp3) is 0.368. The van der Waals surface area contributed by atoms with Crippen LogP contribution in [0.3, 0.4) is 0 Å². The Labute approximate surface area is 148 Å². The van der Waals surface area contributed by atoms with Gasteiger partial charge in [0.25, 0.3) is 0 Å². The second kappa shape index (κ2) is 8.92. The number of methoxy groups -OCH3 is 2. The van der Waals surface area contributed by atoms with Gasteiger partial charge in [-0.25, -0.2) is 0 Å². The molecule has 0 spiro atoms. The van der Waals surface area contributed by atoms with Gasteiger partial charge in [-0.15, -0.1) is 0 Å². The summed E-state index contributed by atoms with van der Waals surface area (Å²) in [5.41, 5.74) is 2.12. The predicted molar refractivity (Wildman–Crippen MR) is 97.2 cm³/mol. The molecule has 2 aromatic rings. The molecule has 0 saturated heterocycles. The molecule has 2 rings (SSSR count). The van der Waals surface area contributed by atoms with Crippen molar-refractivity contribution in [2.24, 2.45) is 0 Å². The van der Waals surface area contributed by atoms with Crippen molar-refractivity contribution in [3.05, 3.63) is 58.6 Å². The predicted octanol–water partition coefficient (Wildman–Crippen LogP) is 3.78. The van der Waals surface area contributed by atoms with Crippen LogP contribution < -0.4 is 14.8 Å². The fourth-order valence-corrected chi connectivity index (χ4v) is 2.81. The van der Waals surface area contributed by atoms with Crippen LogP contribution in [0.4, 0.5) is 0 Å². The molecular formula is C19H24ClNO3. The Kier molecular flexibility index (Phi) is 6.91. The van der Waals surface area contributed by atoms with Crippen molar-refractivity contribution in [1.82, 2.24) is 5.32 Å². The second-order valence-corrected chi connectivity index (χ2v) is 6.15. The summed E-state index contributed by atoms with van der Waals surface area (Å²) in [5, 5.41) is 13.7. The van der Waals surface area contributed by atoms with Gasteiger partial charge in [0.05, 0.1) is 26.9 Å². The van der Waals surface area contributed by atoms with Crippen LogP contribution in [-0.2, 0) is 0 Å². The summed E-state index contributed by atoms with van der Waals surface area (Å²) in [6.45, 7) is 2.85. The third-order valence-corrected chi connectivity index (χ3v) is 4.32. The zero-order chi connectivity index (χ0) is 17.5. The first-order chi connectivity index (χ1) is 11.6. The van der Waals surface area contributed by atoms with Gasteiger partial charge in [-0.3, -0.25) is 0 Å². The number of aliphatic hydroxyl groups excluding tert-OH is 1. The average Bonchev–Trinajstić information content (AvgIpc) is 2.61. The zero-order valence-electron chi connectivity index (χ0n) is 14.3. The third kappa shape index (κ3) is 4.63. The molecule has 0 bridgehead atoms. The summed E-state index contributed by atoms with van der Waals surface area (Å²) in [6, 6.07) is 13.3. The molecule has 0 saturated carbocycles. The summed E-state index contributed by atoms with van der Waals surface area (Å²) >= 11 is 6.03. The summed E-state index contributed by atoms with van der Waals surface area (Å²) in [7, 11) is 3.25. The molecule has 0 aliphatic rings. The monoisotopic (exact) mass is 349 g/mol. The van der Waals surface area contributed by atoms with E-state index in [9.17, 15) is 5.11 Å². The molecule has 130 valence electrons. The van der Waals surface area contributed by atoms with E-state index < -0.39 is 0 Å². The Bertz CT molecular complexity index is 663. The molecule has 24 heavy (non-hydrogen) atoms. The Hall–Kier alpha value is -1.75. The van der Waals surface area contributed by atoms with Crippen LogP contribution in [0.25, 0.3) is 0 Å². The number of benzene rings is 2. The molecule has 0 amide bonds. The highest BCUT2D eigenvalue weighted by Crippen LogP contribution is 2.30. The van der Waals surface area contributed by atoms with Crippen LogP contribution in [-0.4, -0.2) is 32.5 Å². The highest BCUT2D eigenvalue weighted by molar-refractivity contribution is 6.30. The van der Waals surface area contributed by atoms with Crippen LogP contribution in [0.15, 0.2) is 42.5 Å². The minimum absolute atomic E-state index is 0.0129. The van der Waals surface area contributed by atoms with Gasteiger partial charge in [0.2, 0.25) is 0 Å². The van der Waals surface area contributed by atoms with Gasteiger partial charge in [0, 0.05) is 11.6 Å². The van der Waals surface area contributed by atoms with E-state index in [1.165, 1.54) is 0 Å². The molecule has 2 N–H and O–H groups in total. The number of aliphatic hydroxyl groups is 1. The highest BCUT2D eigenvalue weighted by atomic mass is 35.5. The third-order valence-electron chi connectivity index (χ3n) is 4.08. The average molecular weight is 350 g/mol. The van der Waals surface area contributed by atoms with Crippen molar-refractivity contribution in [3.63, 3.8) is 0 Å². The molecular weight excluding hydrogens is 326 g/mol. The van der Waals surface area contributed by atoms with Gasteiger partial charge in [0.1, 0.15) is 0 Å². The first-order valence-electron chi connectivity index (χ1n) is 7.90. The van der Waals surface area contributed by atoms with Crippen molar-refractivity contribution in [1.29, 1.82) is 0 Å². The SMILES string of the molecule is COc1ccc(C(C)CN[C@@H](CO)c2cccc(Cl)c2)cc1OC. The molecule has 5 heteroatoms. The maximum atomic E-state index is 9.66. The summed E-state index contributed by atoms with van der Waals surface area (Å²) in [6.07, 6.45) is 0. The van der Waals surface area contributed by atoms with Gasteiger partial charge in [-0.2, -0.15) is 0 Å². The van der Waals surface area contributed by atoms with Crippen molar-refractivity contribution in [2.75, 3.05) is 27.4 Å². The van der Waals surface area contributed by atoms with Crippen molar-refractivity contribution in [2.45, 2.75) is 18.9 Å². The lowest BCUT2D eigenvalue weighted by Gasteiger charge is -2.21. The maximum absolute atomic E-state index is 9.66. The standard InChI is InChI=1S/C19H24ClNO3/c1-13(14-7-8-18(23-2)19(10-14)24-3)11-21-17(12-22)15-5-4-6-16(20)9-15/h4-10,13,17,21-22H,11-12H2,1-3H3/t13?,17-/m0/s1. The van der Waals surface area contributed by atoms with E-state index in [0.29, 0.717) is 17.3 Å². The van der Waals surface area contributed by atoms with E-state index in [-0.39, 0.29) is 18.6 Å². The molecule has 1 unspecified atom stereocenters. The Morgan fingerprint density at radius 3 is 2.42 bits per heavy atom. The molecule has 0 fully saturated rings. The molecule has 0 aliphatic carbocycles. The molecule has 0 radical (unpaired) electrons. The van der Waals surface area contributed by atoms with Gasteiger partial charge in [-0.1, -0.05) is 36.7 Å². The lowest BCUT2D eigenvalue weighted by Crippen LogP contribution is -2.28. The first-order valence-corrected chi connectivity index (χ1v) is 8.28. The van der Waals surface area contributed by atoms with Gasteiger partial charge in [0.15, 0.2) is 11.5 Å². The van der Waals surface area contributed by atoms with E-state index in [1.54, 1.807) is 14.2 Å². The topological polar surface area (TPSA) is 50.7 Å². The molecule has 0 heterocycles. The minimum atomic E-state index is -0.147. The molecule has 0 aromatic heterocycles. The summed E-state index contributed by atoms with van der Waals surface area (Å²) in [4.78, 5) is 0. The van der Waals surface area contributed by atoms with Gasteiger partial charge in [-0.05, 0) is 41.3 Å². The quantitative estimate of drug-likeness (QED) is 0.761. The van der Waals surface area contributed by atoms with Crippen LogP contribution in [0.2, 0.25) is 5.02 Å². The normalized spacial score (nSPS) is 13.4.